The second-order valence-corrected chi connectivity index (χ2v) is 5.45. The van der Waals surface area contributed by atoms with E-state index in [4.69, 9.17) is 4.74 Å². The van der Waals surface area contributed by atoms with Crippen molar-refractivity contribution in [1.82, 2.24) is 5.32 Å². The van der Waals surface area contributed by atoms with Gasteiger partial charge in [0.25, 0.3) is 5.91 Å². The van der Waals surface area contributed by atoms with Crippen LogP contribution in [0.4, 0.5) is 0 Å². The summed E-state index contributed by atoms with van der Waals surface area (Å²) in [5.74, 6) is -0.448. The minimum Gasteiger partial charge on any atom is -0.455 e. The van der Waals surface area contributed by atoms with E-state index in [0.717, 1.165) is 10.5 Å². The lowest BCUT2D eigenvalue weighted by molar-refractivity contribution is -0.146. The van der Waals surface area contributed by atoms with Crippen molar-refractivity contribution < 1.29 is 14.3 Å². The van der Waals surface area contributed by atoms with Crippen LogP contribution in [-0.2, 0) is 14.3 Å². The molecule has 0 unspecified atom stereocenters. The van der Waals surface area contributed by atoms with Crippen molar-refractivity contribution in [2.45, 2.75) is 31.7 Å². The Bertz CT molecular complexity index is 446. The molecule has 0 aliphatic rings. The van der Waals surface area contributed by atoms with Crippen molar-refractivity contribution in [1.29, 1.82) is 0 Å². The second-order valence-electron chi connectivity index (χ2n) is 4.44. The lowest BCUT2D eigenvalue weighted by Crippen LogP contribution is -2.34. The van der Waals surface area contributed by atoms with Gasteiger partial charge in [-0.1, -0.05) is 18.2 Å². The minimum absolute atomic E-state index is 0.0487. The zero-order chi connectivity index (χ0) is 14.3. The van der Waals surface area contributed by atoms with Crippen LogP contribution in [0.25, 0.3) is 0 Å². The Morgan fingerprint density at radius 1 is 1.32 bits per heavy atom. The third kappa shape index (κ3) is 6.29. The standard InChI is InChI=1S/C14H19NO3S/c1-10(2)15-13(16)8-18-14(17)9-19-12-7-5-4-6-11(12)3/h4-7,10H,8-9H2,1-3H3,(H,15,16). The van der Waals surface area contributed by atoms with Crippen LogP contribution in [0.3, 0.4) is 0 Å². The van der Waals surface area contributed by atoms with Gasteiger partial charge < -0.3 is 10.1 Å². The fraction of sp³-hybridized carbons (Fsp3) is 0.429. The Kier molecular flexibility index (Phi) is 6.42. The molecule has 0 radical (unpaired) electrons. The number of esters is 1. The summed E-state index contributed by atoms with van der Waals surface area (Å²) in [5, 5.41) is 2.66. The molecule has 0 atom stereocenters. The molecule has 0 spiro atoms. The summed E-state index contributed by atoms with van der Waals surface area (Å²) in [6, 6.07) is 7.88. The first-order valence-corrected chi connectivity index (χ1v) is 7.11. The highest BCUT2D eigenvalue weighted by Gasteiger charge is 2.09. The van der Waals surface area contributed by atoms with Gasteiger partial charge in [-0.3, -0.25) is 9.59 Å². The molecule has 1 amide bonds. The molecular formula is C14H19NO3S. The molecule has 0 saturated carbocycles. The summed E-state index contributed by atoms with van der Waals surface area (Å²) in [6.07, 6.45) is 0. The smallest absolute Gasteiger partial charge is 0.316 e. The summed E-state index contributed by atoms with van der Waals surface area (Å²) in [5.41, 5.74) is 1.12. The van der Waals surface area contributed by atoms with E-state index in [1.165, 1.54) is 11.8 Å². The van der Waals surface area contributed by atoms with Crippen LogP contribution in [0.15, 0.2) is 29.2 Å². The first-order valence-electron chi connectivity index (χ1n) is 6.12. The van der Waals surface area contributed by atoms with E-state index in [1.54, 1.807) is 0 Å². The Labute approximate surface area is 117 Å². The molecule has 1 aromatic carbocycles. The highest BCUT2D eigenvalue weighted by atomic mass is 32.2. The van der Waals surface area contributed by atoms with Crippen molar-refractivity contribution in [3.05, 3.63) is 29.8 Å². The molecule has 0 heterocycles. The van der Waals surface area contributed by atoms with Gasteiger partial charge in [0.2, 0.25) is 0 Å². The normalized spacial score (nSPS) is 10.3. The highest BCUT2D eigenvalue weighted by molar-refractivity contribution is 8.00. The topological polar surface area (TPSA) is 55.4 Å². The van der Waals surface area contributed by atoms with Crippen molar-refractivity contribution in [2.24, 2.45) is 0 Å². The number of hydrogen-bond acceptors (Lipinski definition) is 4. The van der Waals surface area contributed by atoms with Crippen LogP contribution in [0.2, 0.25) is 0 Å². The predicted molar refractivity (Wildman–Crippen MR) is 76.1 cm³/mol. The molecule has 4 nitrogen and oxygen atoms in total. The van der Waals surface area contributed by atoms with E-state index in [-0.39, 0.29) is 30.3 Å². The maximum Gasteiger partial charge on any atom is 0.316 e. The van der Waals surface area contributed by atoms with Crippen LogP contribution in [0.5, 0.6) is 0 Å². The first kappa shape index (κ1) is 15.6. The highest BCUT2D eigenvalue weighted by Crippen LogP contribution is 2.21. The summed E-state index contributed by atoms with van der Waals surface area (Å²) in [4.78, 5) is 23.8. The summed E-state index contributed by atoms with van der Waals surface area (Å²) >= 11 is 1.41. The number of thioether (sulfide) groups is 1. The number of rotatable bonds is 6. The quantitative estimate of drug-likeness (QED) is 0.641. The van der Waals surface area contributed by atoms with E-state index < -0.39 is 0 Å². The maximum atomic E-state index is 11.5. The Morgan fingerprint density at radius 2 is 2.00 bits per heavy atom. The Balaban J connectivity index is 2.29. The zero-order valence-corrected chi connectivity index (χ0v) is 12.3. The minimum atomic E-state index is -0.382. The average molecular weight is 281 g/mol. The molecule has 19 heavy (non-hydrogen) atoms. The number of carbonyl (C=O) groups is 2. The van der Waals surface area contributed by atoms with Gasteiger partial charge in [-0.25, -0.2) is 0 Å². The fourth-order valence-corrected chi connectivity index (χ4v) is 2.23. The van der Waals surface area contributed by atoms with Gasteiger partial charge in [0.05, 0.1) is 5.75 Å². The molecule has 5 heteroatoms. The van der Waals surface area contributed by atoms with Gasteiger partial charge in [0.15, 0.2) is 6.61 Å². The van der Waals surface area contributed by atoms with E-state index in [2.05, 4.69) is 5.32 Å². The molecule has 1 N–H and O–H groups in total. The SMILES string of the molecule is Cc1ccccc1SCC(=O)OCC(=O)NC(C)C. The van der Waals surface area contributed by atoms with Crippen molar-refractivity contribution >= 4 is 23.6 Å². The van der Waals surface area contributed by atoms with Crippen LogP contribution in [-0.4, -0.2) is 30.3 Å². The van der Waals surface area contributed by atoms with E-state index >= 15 is 0 Å². The number of carbonyl (C=O) groups excluding carboxylic acids is 2. The Hall–Kier alpha value is -1.49. The molecule has 0 saturated heterocycles. The molecule has 1 aromatic rings. The molecule has 0 aromatic heterocycles. The first-order chi connectivity index (χ1) is 8.99. The van der Waals surface area contributed by atoms with Gasteiger partial charge in [-0.2, -0.15) is 0 Å². The lowest BCUT2D eigenvalue weighted by atomic mass is 10.2. The summed E-state index contributed by atoms with van der Waals surface area (Å²) in [6.45, 7) is 5.48. The zero-order valence-electron chi connectivity index (χ0n) is 11.4. The molecule has 0 bridgehead atoms. The maximum absolute atomic E-state index is 11.5. The van der Waals surface area contributed by atoms with Crippen LogP contribution in [0, 0.1) is 6.92 Å². The van der Waals surface area contributed by atoms with Gasteiger partial charge in [-0.15, -0.1) is 11.8 Å². The molecule has 1 rings (SSSR count). The third-order valence-electron chi connectivity index (χ3n) is 2.25. The molecule has 104 valence electrons. The number of ether oxygens (including phenoxy) is 1. The second kappa shape index (κ2) is 7.84. The van der Waals surface area contributed by atoms with E-state index in [9.17, 15) is 9.59 Å². The van der Waals surface area contributed by atoms with Gasteiger partial charge in [0.1, 0.15) is 0 Å². The number of benzene rings is 1. The molecule has 0 aliphatic heterocycles. The summed E-state index contributed by atoms with van der Waals surface area (Å²) in [7, 11) is 0. The van der Waals surface area contributed by atoms with Crippen LogP contribution in [0.1, 0.15) is 19.4 Å². The van der Waals surface area contributed by atoms with Gasteiger partial charge in [-0.05, 0) is 32.4 Å². The molecule has 0 aliphatic carbocycles. The van der Waals surface area contributed by atoms with Crippen LogP contribution >= 0.6 is 11.8 Å². The fourth-order valence-electron chi connectivity index (χ4n) is 1.41. The molecule has 0 fully saturated rings. The van der Waals surface area contributed by atoms with E-state index in [0.29, 0.717) is 0 Å². The van der Waals surface area contributed by atoms with Crippen molar-refractivity contribution in [3.63, 3.8) is 0 Å². The number of aryl methyl sites for hydroxylation is 1. The summed E-state index contributed by atoms with van der Waals surface area (Å²) < 4.78 is 4.89. The predicted octanol–water partition coefficient (Wildman–Crippen LogP) is 2.15. The Morgan fingerprint density at radius 3 is 2.63 bits per heavy atom. The van der Waals surface area contributed by atoms with Gasteiger partial charge >= 0.3 is 5.97 Å². The lowest BCUT2D eigenvalue weighted by Gasteiger charge is -2.09. The number of nitrogens with one attached hydrogen (secondary N) is 1. The number of amides is 1. The van der Waals surface area contributed by atoms with Crippen LogP contribution < -0.4 is 5.32 Å². The van der Waals surface area contributed by atoms with Gasteiger partial charge in [0, 0.05) is 10.9 Å². The third-order valence-corrected chi connectivity index (χ3v) is 3.40. The van der Waals surface area contributed by atoms with Crippen molar-refractivity contribution in [3.8, 4) is 0 Å². The van der Waals surface area contributed by atoms with Crippen molar-refractivity contribution in [2.75, 3.05) is 12.4 Å². The largest absolute Gasteiger partial charge is 0.455 e. The average Bonchev–Trinajstić information content (AvgIpc) is 2.34. The molecular weight excluding hydrogens is 262 g/mol. The monoisotopic (exact) mass is 281 g/mol. The number of hydrogen-bond donors (Lipinski definition) is 1. The van der Waals surface area contributed by atoms with E-state index in [1.807, 2.05) is 45.0 Å².